The molecule has 1 atom stereocenters. The summed E-state index contributed by atoms with van der Waals surface area (Å²) in [5.74, 6) is 0.885. The molecule has 2 aromatic rings. The Labute approximate surface area is 168 Å². The molecule has 2 aliphatic heterocycles. The van der Waals surface area contributed by atoms with Gasteiger partial charge < -0.3 is 19.7 Å². The summed E-state index contributed by atoms with van der Waals surface area (Å²) in [7, 11) is 0. The molecule has 0 bridgehead atoms. The van der Waals surface area contributed by atoms with Gasteiger partial charge in [0.2, 0.25) is 5.91 Å². The normalized spacial score (nSPS) is 23.2. The Kier molecular flexibility index (Phi) is 5.56. The van der Waals surface area contributed by atoms with Crippen LogP contribution in [-0.2, 0) is 14.3 Å². The molecule has 8 nitrogen and oxygen atoms in total. The van der Waals surface area contributed by atoms with E-state index in [1.54, 1.807) is 11.8 Å². The number of hydrogen-bond acceptors (Lipinski definition) is 7. The molecular formula is C19H25N5O3S. The van der Waals surface area contributed by atoms with Crippen LogP contribution < -0.4 is 10.2 Å². The third kappa shape index (κ3) is 3.61. The first-order chi connectivity index (χ1) is 13.6. The summed E-state index contributed by atoms with van der Waals surface area (Å²) in [5.41, 5.74) is 1.70. The number of aldehydes is 1. The van der Waals surface area contributed by atoms with E-state index in [1.165, 1.54) is 0 Å². The zero-order valence-electron chi connectivity index (χ0n) is 15.9. The van der Waals surface area contributed by atoms with Crippen LogP contribution in [0.2, 0.25) is 0 Å². The van der Waals surface area contributed by atoms with Crippen LogP contribution in [0, 0.1) is 0 Å². The van der Waals surface area contributed by atoms with Crippen molar-refractivity contribution in [1.82, 2.24) is 15.1 Å². The number of anilines is 2. The summed E-state index contributed by atoms with van der Waals surface area (Å²) in [6.07, 6.45) is 3.59. The van der Waals surface area contributed by atoms with E-state index in [9.17, 15) is 9.59 Å². The van der Waals surface area contributed by atoms with E-state index >= 15 is 0 Å². The molecule has 1 amide bonds. The average molecular weight is 404 g/mol. The van der Waals surface area contributed by atoms with Crippen LogP contribution in [0.4, 0.5) is 11.5 Å². The van der Waals surface area contributed by atoms with Gasteiger partial charge in [-0.15, -0.1) is 11.8 Å². The van der Waals surface area contributed by atoms with Crippen molar-refractivity contribution in [2.24, 2.45) is 0 Å². The SMILES string of the molecule is CS[C@@]1(C(=O)Nc2ccc3[nH]nc(N4CCOCC4)c3c2)CCN(CC=O)C1. The highest BCUT2D eigenvalue weighted by Gasteiger charge is 2.44. The van der Waals surface area contributed by atoms with Gasteiger partial charge in [0.25, 0.3) is 0 Å². The van der Waals surface area contributed by atoms with Crippen LogP contribution in [0.15, 0.2) is 18.2 Å². The van der Waals surface area contributed by atoms with Crippen LogP contribution in [0.1, 0.15) is 6.42 Å². The van der Waals surface area contributed by atoms with E-state index in [0.29, 0.717) is 26.3 Å². The van der Waals surface area contributed by atoms with Crippen molar-refractivity contribution in [3.05, 3.63) is 18.2 Å². The lowest BCUT2D eigenvalue weighted by Gasteiger charge is -2.27. The number of fused-ring (bicyclic) bond motifs is 1. The molecule has 0 spiro atoms. The smallest absolute Gasteiger partial charge is 0.241 e. The minimum Gasteiger partial charge on any atom is -0.378 e. The number of H-pyrrole nitrogens is 1. The Bertz CT molecular complexity index is 866. The molecule has 0 radical (unpaired) electrons. The van der Waals surface area contributed by atoms with Crippen LogP contribution in [0.25, 0.3) is 10.9 Å². The first kappa shape index (κ1) is 19.2. The summed E-state index contributed by atoms with van der Waals surface area (Å²) < 4.78 is 4.90. The number of aromatic amines is 1. The minimum absolute atomic E-state index is 0.0100. The molecule has 0 aliphatic carbocycles. The van der Waals surface area contributed by atoms with Crippen molar-refractivity contribution in [2.75, 3.05) is 62.4 Å². The molecule has 150 valence electrons. The van der Waals surface area contributed by atoms with Gasteiger partial charge in [0.1, 0.15) is 11.0 Å². The van der Waals surface area contributed by atoms with Gasteiger partial charge in [0.15, 0.2) is 5.82 Å². The Morgan fingerprint density at radius 3 is 2.96 bits per heavy atom. The van der Waals surface area contributed by atoms with Crippen molar-refractivity contribution in [3.63, 3.8) is 0 Å². The monoisotopic (exact) mass is 403 g/mol. The zero-order chi connectivity index (χ0) is 19.6. The second-order valence-corrected chi connectivity index (χ2v) is 8.40. The molecule has 0 unspecified atom stereocenters. The van der Waals surface area contributed by atoms with Gasteiger partial charge in [-0.3, -0.25) is 14.8 Å². The number of nitrogens with zero attached hydrogens (tertiary/aromatic N) is 3. The number of aromatic nitrogens is 2. The molecule has 2 aliphatic rings. The predicted molar refractivity (Wildman–Crippen MR) is 111 cm³/mol. The summed E-state index contributed by atoms with van der Waals surface area (Å²) in [6.45, 7) is 4.72. The maximum Gasteiger partial charge on any atom is 0.241 e. The third-order valence-electron chi connectivity index (χ3n) is 5.56. The van der Waals surface area contributed by atoms with Crippen LogP contribution in [0.5, 0.6) is 0 Å². The summed E-state index contributed by atoms with van der Waals surface area (Å²) in [5, 5.41) is 11.6. The van der Waals surface area contributed by atoms with Crippen molar-refractivity contribution < 1.29 is 14.3 Å². The number of benzene rings is 1. The lowest BCUT2D eigenvalue weighted by molar-refractivity contribution is -0.118. The molecule has 1 aromatic heterocycles. The fraction of sp³-hybridized carbons (Fsp3) is 0.526. The topological polar surface area (TPSA) is 90.6 Å². The Morgan fingerprint density at radius 1 is 1.39 bits per heavy atom. The first-order valence-electron chi connectivity index (χ1n) is 9.48. The molecule has 2 N–H and O–H groups in total. The Balaban J connectivity index is 1.54. The van der Waals surface area contributed by atoms with Crippen LogP contribution in [-0.4, -0.2) is 84.2 Å². The molecule has 3 heterocycles. The zero-order valence-corrected chi connectivity index (χ0v) is 16.8. The highest BCUT2D eigenvalue weighted by atomic mass is 32.2. The number of carbonyl (C=O) groups is 2. The number of likely N-dealkylation sites (tertiary alicyclic amines) is 1. The van der Waals surface area contributed by atoms with E-state index in [4.69, 9.17) is 4.74 Å². The standard InChI is InChI=1S/C19H25N5O3S/c1-28-19(4-5-23(13-19)6-9-25)18(26)20-14-2-3-16-15(12-14)17(22-21-16)24-7-10-27-11-8-24/h2-3,9,12H,4-8,10-11,13H2,1H3,(H,20,26)(H,21,22)/t19-/m0/s1. The van der Waals surface area contributed by atoms with Gasteiger partial charge in [-0.25, -0.2) is 0 Å². The molecule has 2 fully saturated rings. The maximum absolute atomic E-state index is 13.1. The summed E-state index contributed by atoms with van der Waals surface area (Å²) in [6, 6.07) is 5.82. The summed E-state index contributed by atoms with van der Waals surface area (Å²) >= 11 is 1.56. The highest BCUT2D eigenvalue weighted by Crippen LogP contribution is 2.35. The second-order valence-electron chi connectivity index (χ2n) is 7.21. The fourth-order valence-corrected chi connectivity index (χ4v) is 4.75. The molecule has 28 heavy (non-hydrogen) atoms. The number of hydrogen-bond donors (Lipinski definition) is 2. The van der Waals surface area contributed by atoms with Crippen molar-refractivity contribution >= 4 is 46.4 Å². The van der Waals surface area contributed by atoms with E-state index in [2.05, 4.69) is 20.4 Å². The van der Waals surface area contributed by atoms with Crippen LogP contribution in [0.3, 0.4) is 0 Å². The van der Waals surface area contributed by atoms with Crippen molar-refractivity contribution in [1.29, 1.82) is 0 Å². The van der Waals surface area contributed by atoms with Gasteiger partial charge in [-0.2, -0.15) is 5.10 Å². The Hall–Kier alpha value is -2.10. The summed E-state index contributed by atoms with van der Waals surface area (Å²) in [4.78, 5) is 28.1. The number of rotatable bonds is 6. The molecular weight excluding hydrogens is 378 g/mol. The number of nitrogens with one attached hydrogen (secondary N) is 2. The van der Waals surface area contributed by atoms with Crippen LogP contribution >= 0.6 is 11.8 Å². The van der Waals surface area contributed by atoms with Crippen molar-refractivity contribution in [3.8, 4) is 0 Å². The van der Waals surface area contributed by atoms with Gasteiger partial charge >= 0.3 is 0 Å². The third-order valence-corrected chi connectivity index (χ3v) is 6.86. The predicted octanol–water partition coefficient (Wildman–Crippen LogP) is 1.34. The van der Waals surface area contributed by atoms with E-state index in [-0.39, 0.29) is 5.91 Å². The molecule has 4 rings (SSSR count). The molecule has 9 heteroatoms. The minimum atomic E-state index is -0.526. The van der Waals surface area contributed by atoms with E-state index in [1.807, 2.05) is 29.4 Å². The molecule has 1 aromatic carbocycles. The van der Waals surface area contributed by atoms with Gasteiger partial charge in [-0.05, 0) is 30.9 Å². The van der Waals surface area contributed by atoms with Gasteiger partial charge in [0.05, 0.1) is 25.3 Å². The molecule has 0 saturated carbocycles. The quantitative estimate of drug-likeness (QED) is 0.704. The fourth-order valence-electron chi connectivity index (χ4n) is 3.90. The number of morpholine rings is 1. The second kappa shape index (κ2) is 8.10. The van der Waals surface area contributed by atoms with E-state index < -0.39 is 4.75 Å². The lowest BCUT2D eigenvalue weighted by Crippen LogP contribution is -2.42. The maximum atomic E-state index is 13.1. The number of carbonyl (C=O) groups excluding carboxylic acids is 2. The lowest BCUT2D eigenvalue weighted by atomic mass is 10.1. The van der Waals surface area contributed by atoms with E-state index in [0.717, 1.165) is 54.7 Å². The average Bonchev–Trinajstić information content (AvgIpc) is 3.33. The van der Waals surface area contributed by atoms with Gasteiger partial charge in [-0.1, -0.05) is 0 Å². The molecule has 2 saturated heterocycles. The number of thioether (sulfide) groups is 1. The number of ether oxygens (including phenoxy) is 1. The van der Waals surface area contributed by atoms with Gasteiger partial charge in [0, 0.05) is 37.3 Å². The Morgan fingerprint density at radius 2 is 2.21 bits per heavy atom. The largest absolute Gasteiger partial charge is 0.378 e. The highest BCUT2D eigenvalue weighted by molar-refractivity contribution is 8.00. The number of amides is 1. The first-order valence-corrected chi connectivity index (χ1v) is 10.7. The van der Waals surface area contributed by atoms with Crippen molar-refractivity contribution in [2.45, 2.75) is 11.2 Å².